The van der Waals surface area contributed by atoms with Crippen LogP contribution in [-0.4, -0.2) is 11.7 Å². The molecule has 1 aromatic carbocycles. The van der Waals surface area contributed by atoms with Crippen molar-refractivity contribution in [3.05, 3.63) is 64.7 Å². The van der Waals surface area contributed by atoms with Gasteiger partial charge in [0.15, 0.2) is 6.20 Å². The fourth-order valence-electron chi connectivity index (χ4n) is 1.66. The van der Waals surface area contributed by atoms with Crippen molar-refractivity contribution in [2.45, 2.75) is 18.5 Å². The van der Waals surface area contributed by atoms with Gasteiger partial charge in [-0.15, -0.1) is 0 Å². The summed E-state index contributed by atoms with van der Waals surface area (Å²) in [7, 11) is 0. The van der Waals surface area contributed by atoms with E-state index in [1.807, 2.05) is 0 Å². The van der Waals surface area contributed by atoms with Gasteiger partial charge in [0.2, 0.25) is 5.91 Å². The molecule has 2 rings (SSSR count). The van der Waals surface area contributed by atoms with Crippen molar-refractivity contribution >= 4 is 17.7 Å². The molecule has 1 heterocycles. The number of aromatic nitrogens is 1. The number of carbonyl (C=O) groups excluding carboxylic acids is 1. The highest BCUT2D eigenvalue weighted by Crippen LogP contribution is 2.12. The van der Waals surface area contributed by atoms with Gasteiger partial charge in [0.1, 0.15) is 5.82 Å². The first-order valence-corrected chi connectivity index (χ1v) is 7.37. The van der Waals surface area contributed by atoms with Crippen LogP contribution in [-0.2, 0) is 11.3 Å². The molecule has 2 aromatic rings. The minimum atomic E-state index is -0.284. The van der Waals surface area contributed by atoms with Crippen LogP contribution in [0.1, 0.15) is 11.1 Å². The molecule has 1 amide bonds. The Morgan fingerprint density at radius 2 is 2.19 bits per heavy atom. The van der Waals surface area contributed by atoms with E-state index >= 15 is 0 Å². The third-order valence-electron chi connectivity index (χ3n) is 2.87. The van der Waals surface area contributed by atoms with E-state index in [-0.39, 0.29) is 24.0 Å². The van der Waals surface area contributed by atoms with E-state index in [0.29, 0.717) is 20.9 Å². The van der Waals surface area contributed by atoms with Gasteiger partial charge in [0, 0.05) is 18.7 Å². The summed E-state index contributed by atoms with van der Waals surface area (Å²) in [5, 5.41) is 14.6. The molecule has 0 unspecified atom stereocenters. The number of nitrogens with zero attached hydrogens (tertiary/aromatic N) is 1. The van der Waals surface area contributed by atoms with Gasteiger partial charge in [-0.25, -0.2) is 4.39 Å². The lowest BCUT2D eigenvalue weighted by atomic mass is 10.1. The average Bonchev–Trinajstić information content (AvgIpc) is 2.47. The van der Waals surface area contributed by atoms with Gasteiger partial charge in [0.25, 0.3) is 5.03 Å². The minimum absolute atomic E-state index is 0.139. The molecule has 1 N–H and O–H groups in total. The fourth-order valence-corrected chi connectivity index (χ4v) is 2.41. The molecule has 0 saturated heterocycles. The van der Waals surface area contributed by atoms with Crippen LogP contribution in [0, 0.1) is 17.9 Å². The molecule has 0 saturated carbocycles. The molecule has 21 heavy (non-hydrogen) atoms. The first-order chi connectivity index (χ1) is 10.1. The van der Waals surface area contributed by atoms with Gasteiger partial charge in [-0.3, -0.25) is 4.79 Å². The highest BCUT2D eigenvalue weighted by molar-refractivity contribution is 7.99. The molecule has 0 aliphatic carbocycles. The molecule has 0 bridgehead atoms. The second-order valence-corrected chi connectivity index (χ2v) is 5.51. The molecule has 0 atom stereocenters. The Labute approximate surface area is 126 Å². The third-order valence-corrected chi connectivity index (χ3v) is 3.88. The van der Waals surface area contributed by atoms with Crippen molar-refractivity contribution < 1.29 is 13.9 Å². The number of carbonyl (C=O) groups is 1. The molecule has 0 spiro atoms. The largest absolute Gasteiger partial charge is 0.618 e. The molecule has 4 nitrogen and oxygen atoms in total. The molecule has 1 aromatic heterocycles. The lowest BCUT2D eigenvalue weighted by Gasteiger charge is -2.06. The van der Waals surface area contributed by atoms with Crippen molar-refractivity contribution in [3.8, 4) is 0 Å². The highest BCUT2D eigenvalue weighted by Gasteiger charge is 2.09. The first-order valence-electron chi connectivity index (χ1n) is 6.39. The zero-order valence-electron chi connectivity index (χ0n) is 11.5. The zero-order valence-corrected chi connectivity index (χ0v) is 12.3. The predicted octanol–water partition coefficient (Wildman–Crippen LogP) is 2.18. The number of halogens is 1. The van der Waals surface area contributed by atoms with Crippen molar-refractivity contribution in [1.29, 1.82) is 0 Å². The second-order valence-electron chi connectivity index (χ2n) is 4.51. The van der Waals surface area contributed by atoms with Crippen molar-refractivity contribution in [2.75, 3.05) is 5.75 Å². The van der Waals surface area contributed by atoms with Crippen LogP contribution in [0.4, 0.5) is 4.39 Å². The molecule has 0 aliphatic heterocycles. The van der Waals surface area contributed by atoms with Gasteiger partial charge < -0.3 is 10.5 Å². The van der Waals surface area contributed by atoms with Crippen LogP contribution in [0.15, 0.2) is 47.6 Å². The van der Waals surface area contributed by atoms with Gasteiger partial charge in [-0.05, 0) is 41.9 Å². The maximum absolute atomic E-state index is 13.4. The van der Waals surface area contributed by atoms with Crippen LogP contribution < -0.4 is 10.0 Å². The standard InChI is InChI=1S/C15H15FN2O2S/c1-11-5-6-12(8-13(11)16)9-17-14(19)10-21-15-4-2-3-7-18(15)20/h2-8H,9-10H2,1H3,(H,17,19). The van der Waals surface area contributed by atoms with Crippen molar-refractivity contribution in [1.82, 2.24) is 5.32 Å². The quantitative estimate of drug-likeness (QED) is 0.523. The number of aryl methyl sites for hydroxylation is 1. The van der Waals surface area contributed by atoms with Gasteiger partial charge in [-0.1, -0.05) is 12.1 Å². The SMILES string of the molecule is Cc1ccc(CNC(=O)CSc2cccc[n+]2[O-])cc1F. The first kappa shape index (κ1) is 15.3. The maximum Gasteiger partial charge on any atom is 0.251 e. The number of rotatable bonds is 5. The Hall–Kier alpha value is -2.08. The normalized spacial score (nSPS) is 10.4. The third kappa shape index (κ3) is 4.46. The summed E-state index contributed by atoms with van der Waals surface area (Å²) in [6.07, 6.45) is 1.38. The second kappa shape index (κ2) is 7.08. The summed E-state index contributed by atoms with van der Waals surface area (Å²) >= 11 is 1.16. The van der Waals surface area contributed by atoms with E-state index in [9.17, 15) is 14.4 Å². The molecular weight excluding hydrogens is 291 g/mol. The Kier molecular flexibility index (Phi) is 5.16. The van der Waals surface area contributed by atoms with Gasteiger partial charge in [0.05, 0.1) is 5.75 Å². The highest BCUT2D eigenvalue weighted by atomic mass is 32.2. The fraction of sp³-hybridized carbons (Fsp3) is 0.200. The van der Waals surface area contributed by atoms with Gasteiger partial charge in [-0.2, -0.15) is 4.73 Å². The van der Waals surface area contributed by atoms with Crippen molar-refractivity contribution in [3.63, 3.8) is 0 Å². The van der Waals surface area contributed by atoms with Crippen LogP contribution in [0.3, 0.4) is 0 Å². The van der Waals surface area contributed by atoms with E-state index < -0.39 is 0 Å². The average molecular weight is 306 g/mol. The molecule has 0 aliphatic rings. The number of pyridine rings is 1. The van der Waals surface area contributed by atoms with Crippen LogP contribution in [0.5, 0.6) is 0 Å². The van der Waals surface area contributed by atoms with E-state index in [1.165, 1.54) is 12.3 Å². The number of hydrogen-bond acceptors (Lipinski definition) is 3. The summed E-state index contributed by atoms with van der Waals surface area (Å²) in [4.78, 5) is 11.7. The summed E-state index contributed by atoms with van der Waals surface area (Å²) < 4.78 is 14.1. The molecule has 6 heteroatoms. The van der Waals surface area contributed by atoms with Crippen LogP contribution in [0.2, 0.25) is 0 Å². The number of thioether (sulfide) groups is 1. The number of benzene rings is 1. The summed E-state index contributed by atoms with van der Waals surface area (Å²) in [6, 6.07) is 9.88. The van der Waals surface area contributed by atoms with E-state index in [0.717, 1.165) is 11.8 Å². The minimum Gasteiger partial charge on any atom is -0.618 e. The Bertz CT molecular complexity index is 649. The Morgan fingerprint density at radius 3 is 2.90 bits per heavy atom. The van der Waals surface area contributed by atoms with Crippen LogP contribution in [0.25, 0.3) is 0 Å². The van der Waals surface area contributed by atoms with E-state index in [1.54, 1.807) is 37.3 Å². The number of amides is 1. The molecule has 0 radical (unpaired) electrons. The zero-order chi connectivity index (χ0) is 15.2. The molecular formula is C15H15FN2O2S. The van der Waals surface area contributed by atoms with E-state index in [4.69, 9.17) is 0 Å². The molecule has 0 fully saturated rings. The van der Waals surface area contributed by atoms with Gasteiger partial charge >= 0.3 is 0 Å². The lowest BCUT2D eigenvalue weighted by Crippen LogP contribution is -2.29. The van der Waals surface area contributed by atoms with Crippen molar-refractivity contribution in [2.24, 2.45) is 0 Å². The lowest BCUT2D eigenvalue weighted by molar-refractivity contribution is -0.645. The smallest absolute Gasteiger partial charge is 0.251 e. The summed E-state index contributed by atoms with van der Waals surface area (Å²) in [5.41, 5.74) is 1.28. The van der Waals surface area contributed by atoms with Crippen LogP contribution >= 0.6 is 11.8 Å². The van der Waals surface area contributed by atoms with E-state index in [2.05, 4.69) is 5.32 Å². The summed E-state index contributed by atoms with van der Waals surface area (Å²) in [6.45, 7) is 1.95. The molecule has 110 valence electrons. The summed E-state index contributed by atoms with van der Waals surface area (Å²) in [5.74, 6) is -0.349. The Balaban J connectivity index is 1.82. The Morgan fingerprint density at radius 1 is 1.38 bits per heavy atom. The predicted molar refractivity (Wildman–Crippen MR) is 79.1 cm³/mol. The number of hydrogen-bond donors (Lipinski definition) is 1. The maximum atomic E-state index is 13.4. The topological polar surface area (TPSA) is 56.0 Å². The monoisotopic (exact) mass is 306 g/mol. The number of nitrogens with one attached hydrogen (secondary N) is 1.